The van der Waals surface area contributed by atoms with E-state index in [2.05, 4.69) is 0 Å². The molecular weight excluding hydrogens is 384 g/mol. The molecule has 4 aromatic carbocycles. The number of carbonyl (C=O) groups excluding carboxylic acids is 2. The molecule has 0 fully saturated rings. The Morgan fingerprint density at radius 2 is 0.935 bits per heavy atom. The summed E-state index contributed by atoms with van der Waals surface area (Å²) in [5, 5.41) is 0. The Morgan fingerprint density at radius 3 is 1.29 bits per heavy atom. The predicted octanol–water partition coefficient (Wildman–Crippen LogP) is 7.22. The molecule has 0 amide bonds. The van der Waals surface area contributed by atoms with Crippen LogP contribution in [0.5, 0.6) is 11.5 Å². The van der Waals surface area contributed by atoms with Gasteiger partial charge in [0.15, 0.2) is 11.6 Å². The molecule has 0 saturated carbocycles. The van der Waals surface area contributed by atoms with Crippen LogP contribution in [0.25, 0.3) is 22.3 Å². The van der Waals surface area contributed by atoms with Crippen LogP contribution in [0.3, 0.4) is 0 Å². The number of ketones is 2. The molecule has 0 heterocycles. The van der Waals surface area contributed by atoms with Gasteiger partial charge in [0.1, 0.15) is 11.5 Å². The average molecular weight is 406 g/mol. The fraction of sp³-hybridized carbons (Fsp3) is 0.0714. The maximum Gasteiger partial charge on any atom is 0.159 e. The lowest BCUT2D eigenvalue weighted by atomic mass is 10.00. The van der Waals surface area contributed by atoms with Gasteiger partial charge in [0.25, 0.3) is 0 Å². The van der Waals surface area contributed by atoms with Crippen molar-refractivity contribution in [1.82, 2.24) is 0 Å². The lowest BCUT2D eigenvalue weighted by molar-refractivity contribution is 0.100. The van der Waals surface area contributed by atoms with Crippen molar-refractivity contribution >= 4 is 11.6 Å². The molecule has 0 atom stereocenters. The third-order valence-electron chi connectivity index (χ3n) is 5.17. The van der Waals surface area contributed by atoms with Crippen LogP contribution in [0.1, 0.15) is 34.6 Å². The number of Topliss-reactive ketones (excluding diaryl/α,β-unsaturated/α-hetero) is 2. The Morgan fingerprint density at radius 1 is 0.548 bits per heavy atom. The van der Waals surface area contributed by atoms with E-state index in [0.29, 0.717) is 22.6 Å². The lowest BCUT2D eigenvalue weighted by Crippen LogP contribution is -1.98. The van der Waals surface area contributed by atoms with Crippen LogP contribution in [0.15, 0.2) is 97.1 Å². The number of rotatable bonds is 6. The van der Waals surface area contributed by atoms with Crippen molar-refractivity contribution in [3.63, 3.8) is 0 Å². The average Bonchev–Trinajstić information content (AvgIpc) is 2.80. The summed E-state index contributed by atoms with van der Waals surface area (Å²) in [5.41, 5.74) is 4.85. The summed E-state index contributed by atoms with van der Waals surface area (Å²) in [6.07, 6.45) is 0. The van der Waals surface area contributed by atoms with Gasteiger partial charge in [-0.05, 0) is 49.2 Å². The highest BCUT2D eigenvalue weighted by molar-refractivity contribution is 5.96. The van der Waals surface area contributed by atoms with Crippen molar-refractivity contribution in [2.24, 2.45) is 0 Å². The minimum absolute atomic E-state index is 0.0368. The first-order valence-corrected chi connectivity index (χ1v) is 10.1. The van der Waals surface area contributed by atoms with Crippen molar-refractivity contribution in [3.05, 3.63) is 108 Å². The standard InChI is InChI=1S/C28H22O3/c1-19(29)23-13-15-25(21-9-5-3-6-10-21)27(17-23)31-28-18-24(20(2)30)14-16-26(28)22-11-7-4-8-12-22/h3-18H,1-2H3. The van der Waals surface area contributed by atoms with Gasteiger partial charge in [-0.3, -0.25) is 9.59 Å². The summed E-state index contributed by atoms with van der Waals surface area (Å²) in [7, 11) is 0. The zero-order valence-electron chi connectivity index (χ0n) is 17.5. The Bertz CT molecular complexity index is 1140. The zero-order chi connectivity index (χ0) is 21.8. The van der Waals surface area contributed by atoms with Gasteiger partial charge in [-0.2, -0.15) is 0 Å². The molecule has 3 nitrogen and oxygen atoms in total. The Kier molecular flexibility index (Phi) is 5.76. The molecule has 0 bridgehead atoms. The van der Waals surface area contributed by atoms with Gasteiger partial charge in [0.2, 0.25) is 0 Å². The second-order valence-electron chi connectivity index (χ2n) is 7.37. The maximum absolute atomic E-state index is 12.0. The van der Waals surface area contributed by atoms with Gasteiger partial charge in [0.05, 0.1) is 0 Å². The normalized spacial score (nSPS) is 10.5. The van der Waals surface area contributed by atoms with E-state index in [9.17, 15) is 9.59 Å². The molecule has 4 aromatic rings. The van der Waals surface area contributed by atoms with Crippen molar-refractivity contribution in [2.75, 3.05) is 0 Å². The molecule has 0 aliphatic carbocycles. The van der Waals surface area contributed by atoms with E-state index in [4.69, 9.17) is 4.74 Å². The fourth-order valence-corrected chi connectivity index (χ4v) is 3.48. The number of hydrogen-bond donors (Lipinski definition) is 0. The second kappa shape index (κ2) is 8.80. The second-order valence-corrected chi connectivity index (χ2v) is 7.37. The minimum Gasteiger partial charge on any atom is -0.456 e. The van der Waals surface area contributed by atoms with Gasteiger partial charge >= 0.3 is 0 Å². The highest BCUT2D eigenvalue weighted by Gasteiger charge is 2.15. The van der Waals surface area contributed by atoms with Gasteiger partial charge < -0.3 is 4.74 Å². The third-order valence-corrected chi connectivity index (χ3v) is 5.17. The monoisotopic (exact) mass is 406 g/mol. The molecule has 31 heavy (non-hydrogen) atoms. The number of ether oxygens (including phenoxy) is 1. The van der Waals surface area contributed by atoms with Crippen molar-refractivity contribution in [3.8, 4) is 33.8 Å². The highest BCUT2D eigenvalue weighted by Crippen LogP contribution is 2.39. The number of carbonyl (C=O) groups is 2. The lowest BCUT2D eigenvalue weighted by Gasteiger charge is -2.16. The van der Waals surface area contributed by atoms with Gasteiger partial charge in [-0.15, -0.1) is 0 Å². The van der Waals surface area contributed by atoms with Gasteiger partial charge in [-0.1, -0.05) is 72.8 Å². The highest BCUT2D eigenvalue weighted by atomic mass is 16.5. The summed E-state index contributed by atoms with van der Waals surface area (Å²) < 4.78 is 6.43. The van der Waals surface area contributed by atoms with E-state index in [1.807, 2.05) is 84.9 Å². The van der Waals surface area contributed by atoms with E-state index in [-0.39, 0.29) is 11.6 Å². The molecule has 0 unspecified atom stereocenters. The van der Waals surface area contributed by atoms with Crippen molar-refractivity contribution in [2.45, 2.75) is 13.8 Å². The molecule has 0 aliphatic heterocycles. The topological polar surface area (TPSA) is 43.4 Å². The van der Waals surface area contributed by atoms with Crippen molar-refractivity contribution < 1.29 is 14.3 Å². The van der Waals surface area contributed by atoms with Crippen molar-refractivity contribution in [1.29, 1.82) is 0 Å². The van der Waals surface area contributed by atoms with E-state index in [1.54, 1.807) is 12.1 Å². The molecule has 3 heteroatoms. The molecule has 0 radical (unpaired) electrons. The molecule has 152 valence electrons. The van der Waals surface area contributed by atoms with Crippen LogP contribution in [0.4, 0.5) is 0 Å². The SMILES string of the molecule is CC(=O)c1ccc(-c2ccccc2)c(Oc2cc(C(C)=O)ccc2-c2ccccc2)c1. The molecule has 0 aromatic heterocycles. The minimum atomic E-state index is -0.0368. The number of hydrogen-bond acceptors (Lipinski definition) is 3. The molecule has 0 spiro atoms. The molecule has 4 rings (SSSR count). The quantitative estimate of drug-likeness (QED) is 0.318. The van der Waals surface area contributed by atoms with Crippen LogP contribution < -0.4 is 4.74 Å². The zero-order valence-corrected chi connectivity index (χ0v) is 17.5. The largest absolute Gasteiger partial charge is 0.456 e. The Balaban J connectivity index is 1.88. The first kappa shape index (κ1) is 20.3. The molecule has 0 N–H and O–H groups in total. The molecule has 0 saturated heterocycles. The van der Waals surface area contributed by atoms with Crippen LogP contribution in [0.2, 0.25) is 0 Å². The summed E-state index contributed by atoms with van der Waals surface area (Å²) in [6.45, 7) is 3.07. The first-order chi connectivity index (χ1) is 15.0. The van der Waals surface area contributed by atoms with Gasteiger partial charge in [0, 0.05) is 22.3 Å². The first-order valence-electron chi connectivity index (χ1n) is 10.1. The number of benzene rings is 4. The van der Waals surface area contributed by atoms with Gasteiger partial charge in [-0.25, -0.2) is 0 Å². The maximum atomic E-state index is 12.0. The summed E-state index contributed by atoms with van der Waals surface area (Å²) in [4.78, 5) is 24.1. The van der Waals surface area contributed by atoms with E-state index in [0.717, 1.165) is 22.3 Å². The fourth-order valence-electron chi connectivity index (χ4n) is 3.48. The van der Waals surface area contributed by atoms with Crippen LogP contribution in [-0.4, -0.2) is 11.6 Å². The summed E-state index contributed by atoms with van der Waals surface area (Å²) >= 11 is 0. The van der Waals surface area contributed by atoms with Crippen LogP contribution in [-0.2, 0) is 0 Å². The third kappa shape index (κ3) is 4.46. The molecular formula is C28H22O3. The van der Waals surface area contributed by atoms with E-state index < -0.39 is 0 Å². The smallest absolute Gasteiger partial charge is 0.159 e. The summed E-state index contributed by atoms with van der Waals surface area (Å²) in [5.74, 6) is 1.06. The van der Waals surface area contributed by atoms with Crippen LogP contribution >= 0.6 is 0 Å². The van der Waals surface area contributed by atoms with E-state index in [1.165, 1.54) is 13.8 Å². The van der Waals surface area contributed by atoms with Crippen LogP contribution in [0, 0.1) is 0 Å². The van der Waals surface area contributed by atoms with E-state index >= 15 is 0 Å². The predicted molar refractivity (Wildman–Crippen MR) is 124 cm³/mol. The Hall–Kier alpha value is -3.98. The molecule has 0 aliphatic rings. The summed E-state index contributed by atoms with van der Waals surface area (Å²) in [6, 6.07) is 30.7. The Labute approximate surface area is 181 Å².